The Morgan fingerprint density at radius 3 is 2.95 bits per heavy atom. The van der Waals surface area contributed by atoms with E-state index in [1.807, 2.05) is 48.1 Å². The lowest BCUT2D eigenvalue weighted by Crippen LogP contribution is -2.24. The smallest absolute Gasteiger partial charge is 0.251 e. The van der Waals surface area contributed by atoms with Crippen LogP contribution in [0.4, 0.5) is 0 Å². The molecule has 0 radical (unpaired) electrons. The van der Waals surface area contributed by atoms with Crippen LogP contribution in [0.5, 0.6) is 0 Å². The topological polar surface area (TPSA) is 46.1 Å². The SMILES string of the molecule is Cn1cccc1CNC(=O)c1ccc2c(c1)CNC2. The maximum absolute atomic E-state index is 12.1. The summed E-state index contributed by atoms with van der Waals surface area (Å²) in [6.45, 7) is 2.31. The van der Waals surface area contributed by atoms with Gasteiger partial charge in [0, 0.05) is 37.6 Å². The molecule has 0 saturated carbocycles. The van der Waals surface area contributed by atoms with Crippen molar-refractivity contribution < 1.29 is 4.79 Å². The fourth-order valence-corrected chi connectivity index (χ4v) is 2.39. The largest absolute Gasteiger partial charge is 0.353 e. The predicted octanol–water partition coefficient (Wildman–Crippen LogP) is 1.56. The number of nitrogens with one attached hydrogen (secondary N) is 2. The second-order valence-electron chi connectivity index (χ2n) is 4.88. The predicted molar refractivity (Wildman–Crippen MR) is 73.6 cm³/mol. The molecule has 4 nitrogen and oxygen atoms in total. The Morgan fingerprint density at radius 2 is 2.16 bits per heavy atom. The van der Waals surface area contributed by atoms with E-state index in [4.69, 9.17) is 0 Å². The van der Waals surface area contributed by atoms with Crippen molar-refractivity contribution >= 4 is 5.91 Å². The molecule has 1 amide bonds. The zero-order chi connectivity index (χ0) is 13.2. The minimum Gasteiger partial charge on any atom is -0.353 e. The summed E-state index contributed by atoms with van der Waals surface area (Å²) in [5.74, 6) is -0.0177. The van der Waals surface area contributed by atoms with Gasteiger partial charge in [0.05, 0.1) is 6.54 Å². The van der Waals surface area contributed by atoms with Crippen molar-refractivity contribution in [3.63, 3.8) is 0 Å². The van der Waals surface area contributed by atoms with Crippen LogP contribution in [0.3, 0.4) is 0 Å². The lowest BCUT2D eigenvalue weighted by atomic mass is 10.1. The van der Waals surface area contributed by atoms with Crippen molar-refractivity contribution in [2.75, 3.05) is 0 Å². The van der Waals surface area contributed by atoms with Gasteiger partial charge < -0.3 is 15.2 Å². The van der Waals surface area contributed by atoms with Crippen LogP contribution < -0.4 is 10.6 Å². The van der Waals surface area contributed by atoms with E-state index in [1.54, 1.807) is 0 Å². The molecule has 2 N–H and O–H groups in total. The molecule has 0 atom stereocenters. The third kappa shape index (κ3) is 2.39. The second-order valence-corrected chi connectivity index (χ2v) is 4.88. The van der Waals surface area contributed by atoms with Crippen LogP contribution in [-0.2, 0) is 26.7 Å². The van der Waals surface area contributed by atoms with Gasteiger partial charge in [-0.3, -0.25) is 4.79 Å². The van der Waals surface area contributed by atoms with Crippen molar-refractivity contribution in [3.8, 4) is 0 Å². The summed E-state index contributed by atoms with van der Waals surface area (Å²) in [5.41, 5.74) is 4.35. The molecular formula is C15H17N3O. The molecule has 1 aliphatic rings. The highest BCUT2D eigenvalue weighted by atomic mass is 16.1. The van der Waals surface area contributed by atoms with Crippen molar-refractivity contribution in [2.24, 2.45) is 7.05 Å². The number of hydrogen-bond donors (Lipinski definition) is 2. The first kappa shape index (κ1) is 12.0. The number of carbonyl (C=O) groups is 1. The standard InChI is InChI=1S/C15H17N3O/c1-18-6-2-3-14(18)10-17-15(19)11-4-5-12-8-16-9-13(12)7-11/h2-7,16H,8-10H2,1H3,(H,17,19). The lowest BCUT2D eigenvalue weighted by Gasteiger charge is -2.07. The summed E-state index contributed by atoms with van der Waals surface area (Å²) in [6, 6.07) is 9.89. The molecule has 0 spiro atoms. The average Bonchev–Trinajstić information content (AvgIpc) is 3.03. The molecule has 0 saturated heterocycles. The van der Waals surface area contributed by atoms with Gasteiger partial charge in [-0.1, -0.05) is 6.07 Å². The van der Waals surface area contributed by atoms with Crippen LogP contribution in [0.25, 0.3) is 0 Å². The normalized spacial score (nSPS) is 13.3. The molecule has 2 heterocycles. The molecule has 0 bridgehead atoms. The van der Waals surface area contributed by atoms with E-state index in [1.165, 1.54) is 11.1 Å². The molecule has 2 aromatic rings. The van der Waals surface area contributed by atoms with Gasteiger partial charge in [-0.05, 0) is 35.4 Å². The first-order chi connectivity index (χ1) is 9.24. The fraction of sp³-hybridized carbons (Fsp3) is 0.267. The van der Waals surface area contributed by atoms with E-state index >= 15 is 0 Å². The quantitative estimate of drug-likeness (QED) is 0.874. The Hall–Kier alpha value is -2.07. The molecule has 1 aromatic carbocycles. The summed E-state index contributed by atoms with van der Waals surface area (Å²) >= 11 is 0. The Kier molecular flexibility index (Phi) is 3.09. The molecule has 1 aromatic heterocycles. The molecule has 3 rings (SSSR count). The van der Waals surface area contributed by atoms with Crippen LogP contribution in [0, 0.1) is 0 Å². The molecule has 4 heteroatoms. The summed E-state index contributed by atoms with van der Waals surface area (Å²) in [5, 5.41) is 6.23. The highest BCUT2D eigenvalue weighted by Crippen LogP contribution is 2.17. The van der Waals surface area contributed by atoms with Crippen molar-refractivity contribution in [1.29, 1.82) is 0 Å². The average molecular weight is 255 g/mol. The van der Waals surface area contributed by atoms with Crippen LogP contribution in [-0.4, -0.2) is 10.5 Å². The van der Waals surface area contributed by atoms with E-state index in [2.05, 4.69) is 10.6 Å². The van der Waals surface area contributed by atoms with Crippen LogP contribution >= 0.6 is 0 Å². The van der Waals surface area contributed by atoms with E-state index in [0.717, 1.165) is 24.3 Å². The fourth-order valence-electron chi connectivity index (χ4n) is 2.39. The van der Waals surface area contributed by atoms with Gasteiger partial charge in [-0.15, -0.1) is 0 Å². The summed E-state index contributed by atoms with van der Waals surface area (Å²) < 4.78 is 2.01. The third-order valence-electron chi connectivity index (χ3n) is 3.58. The molecule has 98 valence electrons. The summed E-state index contributed by atoms with van der Waals surface area (Å²) in [7, 11) is 1.97. The number of amides is 1. The molecule has 0 aliphatic carbocycles. The Morgan fingerprint density at radius 1 is 1.32 bits per heavy atom. The minimum atomic E-state index is -0.0177. The molecule has 1 aliphatic heterocycles. The van der Waals surface area contributed by atoms with Crippen LogP contribution in [0.15, 0.2) is 36.5 Å². The lowest BCUT2D eigenvalue weighted by molar-refractivity contribution is 0.0950. The maximum Gasteiger partial charge on any atom is 0.251 e. The van der Waals surface area contributed by atoms with Gasteiger partial charge in [0.15, 0.2) is 0 Å². The van der Waals surface area contributed by atoms with Crippen LogP contribution in [0.1, 0.15) is 27.2 Å². The number of nitrogens with zero attached hydrogens (tertiary/aromatic N) is 1. The zero-order valence-electron chi connectivity index (χ0n) is 10.9. The number of fused-ring (bicyclic) bond motifs is 1. The van der Waals surface area contributed by atoms with E-state index in [0.29, 0.717) is 6.54 Å². The minimum absolute atomic E-state index is 0.0177. The van der Waals surface area contributed by atoms with Crippen LogP contribution in [0.2, 0.25) is 0 Å². The number of carbonyl (C=O) groups excluding carboxylic acids is 1. The molecule has 0 fully saturated rings. The Labute approximate surface area is 112 Å². The first-order valence-electron chi connectivity index (χ1n) is 6.45. The second kappa shape index (κ2) is 4.90. The summed E-state index contributed by atoms with van der Waals surface area (Å²) in [4.78, 5) is 12.1. The summed E-state index contributed by atoms with van der Waals surface area (Å²) in [6.07, 6.45) is 1.97. The monoisotopic (exact) mass is 255 g/mol. The Balaban J connectivity index is 1.69. The molecule has 19 heavy (non-hydrogen) atoms. The van der Waals surface area contributed by atoms with Gasteiger partial charge in [0.25, 0.3) is 5.91 Å². The number of rotatable bonds is 3. The molecular weight excluding hydrogens is 238 g/mol. The molecule has 0 unspecified atom stereocenters. The van der Waals surface area contributed by atoms with Crippen molar-refractivity contribution in [3.05, 3.63) is 58.9 Å². The third-order valence-corrected chi connectivity index (χ3v) is 3.58. The van der Waals surface area contributed by atoms with E-state index in [-0.39, 0.29) is 5.91 Å². The highest BCUT2D eigenvalue weighted by Gasteiger charge is 2.13. The van der Waals surface area contributed by atoms with Crippen molar-refractivity contribution in [2.45, 2.75) is 19.6 Å². The van der Waals surface area contributed by atoms with Gasteiger partial charge in [-0.25, -0.2) is 0 Å². The van der Waals surface area contributed by atoms with E-state index < -0.39 is 0 Å². The number of benzene rings is 1. The van der Waals surface area contributed by atoms with E-state index in [9.17, 15) is 4.79 Å². The van der Waals surface area contributed by atoms with Gasteiger partial charge in [0.2, 0.25) is 0 Å². The van der Waals surface area contributed by atoms with Gasteiger partial charge >= 0.3 is 0 Å². The highest BCUT2D eigenvalue weighted by molar-refractivity contribution is 5.94. The number of aryl methyl sites for hydroxylation is 1. The number of hydrogen-bond acceptors (Lipinski definition) is 2. The number of aromatic nitrogens is 1. The maximum atomic E-state index is 12.1. The first-order valence-corrected chi connectivity index (χ1v) is 6.45. The van der Waals surface area contributed by atoms with Gasteiger partial charge in [0.1, 0.15) is 0 Å². The zero-order valence-corrected chi connectivity index (χ0v) is 10.9. The van der Waals surface area contributed by atoms with Crippen molar-refractivity contribution in [1.82, 2.24) is 15.2 Å². The van der Waals surface area contributed by atoms with Gasteiger partial charge in [-0.2, -0.15) is 0 Å². The Bertz CT molecular complexity index is 616.